The second-order valence-electron chi connectivity index (χ2n) is 11.1. The van der Waals surface area contributed by atoms with E-state index in [0.29, 0.717) is 32.4 Å². The summed E-state index contributed by atoms with van der Waals surface area (Å²) in [5, 5.41) is 3.39. The molecule has 1 aromatic rings. The Kier molecular flexibility index (Phi) is 8.11. The number of nitrogens with one attached hydrogen (secondary N) is 1. The van der Waals surface area contributed by atoms with Gasteiger partial charge in [-0.25, -0.2) is 14.4 Å². The van der Waals surface area contributed by atoms with Crippen molar-refractivity contribution in [3.05, 3.63) is 77.0 Å². The van der Waals surface area contributed by atoms with Crippen LogP contribution in [0.5, 0.6) is 0 Å². The topological polar surface area (TPSA) is 68.7 Å². The molecule has 39 heavy (non-hydrogen) atoms. The molecule has 2 aliphatic heterocycles. The van der Waals surface area contributed by atoms with E-state index >= 15 is 0 Å². The molecule has 8 heteroatoms. The normalized spacial score (nSPS) is 27.5. The summed E-state index contributed by atoms with van der Waals surface area (Å²) < 4.78 is 33.1. The minimum absolute atomic E-state index is 0.125. The van der Waals surface area contributed by atoms with Crippen LogP contribution in [0.1, 0.15) is 57.1 Å². The third kappa shape index (κ3) is 6.28. The maximum absolute atomic E-state index is 14.7. The first-order chi connectivity index (χ1) is 19.2. The SMILES string of the molecule is FC1=CC23CC2C(=C1)OCCCCCOCC1=CC(=CCC=C1OCCCN1CCCC1)Nc1nccc3n1. The molecule has 2 unspecified atom stereocenters. The highest BCUT2D eigenvalue weighted by atomic mass is 19.1. The van der Waals surface area contributed by atoms with E-state index in [0.717, 1.165) is 73.6 Å². The molecule has 7 nitrogen and oxygen atoms in total. The zero-order valence-corrected chi connectivity index (χ0v) is 22.7. The summed E-state index contributed by atoms with van der Waals surface area (Å²) >= 11 is 0. The van der Waals surface area contributed by atoms with E-state index in [1.54, 1.807) is 18.3 Å². The Hall–Kier alpha value is -2.97. The highest BCUT2D eigenvalue weighted by Gasteiger charge is 2.59. The molecule has 0 radical (unpaired) electrons. The summed E-state index contributed by atoms with van der Waals surface area (Å²) in [6, 6.07) is 1.89. The van der Waals surface area contributed by atoms with E-state index in [-0.39, 0.29) is 11.7 Å². The van der Waals surface area contributed by atoms with Crippen molar-refractivity contribution in [3.8, 4) is 0 Å². The lowest BCUT2D eigenvalue weighted by Crippen LogP contribution is -2.21. The highest BCUT2D eigenvalue weighted by molar-refractivity contribution is 5.50. The number of halogens is 1. The van der Waals surface area contributed by atoms with E-state index in [4.69, 9.17) is 19.2 Å². The first-order valence-corrected chi connectivity index (χ1v) is 14.6. The predicted molar refractivity (Wildman–Crippen MR) is 148 cm³/mol. The number of anilines is 1. The summed E-state index contributed by atoms with van der Waals surface area (Å²) in [6.45, 7) is 5.93. The molecule has 1 saturated carbocycles. The molecule has 1 saturated heterocycles. The molecule has 208 valence electrons. The second kappa shape index (κ2) is 12.0. The zero-order chi connectivity index (χ0) is 26.5. The average Bonchev–Trinajstić information content (AvgIpc) is 3.51. The van der Waals surface area contributed by atoms with Crippen LogP contribution in [-0.2, 0) is 19.6 Å². The lowest BCUT2D eigenvalue weighted by atomic mass is 9.93. The van der Waals surface area contributed by atoms with Gasteiger partial charge in [-0.3, -0.25) is 0 Å². The van der Waals surface area contributed by atoms with Crippen molar-refractivity contribution in [1.29, 1.82) is 0 Å². The van der Waals surface area contributed by atoms with Crippen LogP contribution < -0.4 is 5.32 Å². The van der Waals surface area contributed by atoms with E-state index in [1.165, 1.54) is 25.9 Å². The molecule has 5 aliphatic rings. The summed E-state index contributed by atoms with van der Waals surface area (Å²) in [5.74, 6) is 1.99. The van der Waals surface area contributed by atoms with Gasteiger partial charge in [0, 0.05) is 48.0 Å². The number of nitrogens with zero attached hydrogens (tertiary/aromatic N) is 3. The van der Waals surface area contributed by atoms with Gasteiger partial charge in [-0.15, -0.1) is 0 Å². The number of allylic oxidation sites excluding steroid dienone is 7. The van der Waals surface area contributed by atoms with Gasteiger partial charge in [-0.2, -0.15) is 0 Å². The fourth-order valence-corrected chi connectivity index (χ4v) is 6.05. The van der Waals surface area contributed by atoms with Gasteiger partial charge in [0.25, 0.3) is 0 Å². The standard InChI is InChI=1S/C31H39FN4O3/c32-24-19-28-26-21-31(26,20-24)29-10-11-33-30(35-29)34-25-8-6-9-27(38-17-7-14-36-12-2-3-13-36)23(18-25)22-37-15-4-1-5-16-39-28/h8-11,18-20,26H,1-7,12-17,21-22H2,(H,33,34,35). The predicted octanol–water partition coefficient (Wildman–Crippen LogP) is 5.71. The van der Waals surface area contributed by atoms with Crippen molar-refractivity contribution in [2.24, 2.45) is 5.92 Å². The fraction of sp³-hybridized carbons (Fsp3) is 0.548. The van der Waals surface area contributed by atoms with Gasteiger partial charge in [0.15, 0.2) is 0 Å². The van der Waals surface area contributed by atoms with E-state index < -0.39 is 5.41 Å². The molecule has 2 fully saturated rings. The molecule has 6 bridgehead atoms. The molecule has 0 spiro atoms. The maximum Gasteiger partial charge on any atom is 0.227 e. The molecular weight excluding hydrogens is 495 g/mol. The summed E-state index contributed by atoms with van der Waals surface area (Å²) in [7, 11) is 0. The van der Waals surface area contributed by atoms with Gasteiger partial charge in [0.2, 0.25) is 5.95 Å². The van der Waals surface area contributed by atoms with Crippen molar-refractivity contribution in [2.45, 2.75) is 56.8 Å². The second-order valence-corrected chi connectivity index (χ2v) is 11.1. The lowest BCUT2D eigenvalue weighted by Gasteiger charge is -2.20. The Morgan fingerprint density at radius 1 is 1.10 bits per heavy atom. The van der Waals surface area contributed by atoms with Crippen LogP contribution in [0.25, 0.3) is 0 Å². The third-order valence-electron chi connectivity index (χ3n) is 8.23. The monoisotopic (exact) mass is 534 g/mol. The van der Waals surface area contributed by atoms with Crippen LogP contribution >= 0.6 is 0 Å². The minimum atomic E-state index is -0.455. The number of fused-ring (bicyclic) bond motifs is 3. The molecule has 0 amide bonds. The van der Waals surface area contributed by atoms with Crippen LogP contribution in [0.3, 0.4) is 0 Å². The van der Waals surface area contributed by atoms with Crippen molar-refractivity contribution in [2.75, 3.05) is 51.4 Å². The molecule has 1 aromatic heterocycles. The van der Waals surface area contributed by atoms with Crippen LogP contribution in [0.4, 0.5) is 10.3 Å². The molecular formula is C31H39FN4O3. The number of rotatable bonds is 5. The van der Waals surface area contributed by atoms with Crippen LogP contribution in [0, 0.1) is 5.92 Å². The number of ether oxygens (including phenoxy) is 3. The Balaban J connectivity index is 1.19. The fourth-order valence-electron chi connectivity index (χ4n) is 6.05. The van der Waals surface area contributed by atoms with Gasteiger partial charge in [-0.1, -0.05) is 6.08 Å². The largest absolute Gasteiger partial charge is 0.497 e. The van der Waals surface area contributed by atoms with Gasteiger partial charge in [0.1, 0.15) is 17.3 Å². The number of hydrogen-bond acceptors (Lipinski definition) is 7. The molecule has 2 atom stereocenters. The van der Waals surface area contributed by atoms with Crippen molar-refractivity contribution < 1.29 is 18.6 Å². The van der Waals surface area contributed by atoms with Crippen molar-refractivity contribution >= 4 is 5.95 Å². The first-order valence-electron chi connectivity index (χ1n) is 14.6. The Bertz CT molecular complexity index is 1200. The molecule has 3 heterocycles. The first kappa shape index (κ1) is 26.3. The molecule has 1 N–H and O–H groups in total. The van der Waals surface area contributed by atoms with Gasteiger partial charge in [0.05, 0.1) is 25.5 Å². The third-order valence-corrected chi connectivity index (χ3v) is 8.23. The van der Waals surface area contributed by atoms with E-state index in [1.807, 2.05) is 6.07 Å². The molecule has 0 aromatic carbocycles. The van der Waals surface area contributed by atoms with Crippen LogP contribution in [0.2, 0.25) is 0 Å². The zero-order valence-electron chi connectivity index (χ0n) is 22.7. The Morgan fingerprint density at radius 3 is 2.92 bits per heavy atom. The van der Waals surface area contributed by atoms with Crippen molar-refractivity contribution in [3.63, 3.8) is 0 Å². The van der Waals surface area contributed by atoms with Crippen molar-refractivity contribution in [1.82, 2.24) is 14.9 Å². The maximum atomic E-state index is 14.7. The molecule has 3 aliphatic carbocycles. The number of hydrogen-bond donors (Lipinski definition) is 1. The van der Waals surface area contributed by atoms with Gasteiger partial charge >= 0.3 is 0 Å². The van der Waals surface area contributed by atoms with E-state index in [2.05, 4.69) is 33.4 Å². The summed E-state index contributed by atoms with van der Waals surface area (Å²) in [5.41, 5.74) is 2.28. The Morgan fingerprint density at radius 2 is 2.00 bits per heavy atom. The Labute approximate surface area is 230 Å². The van der Waals surface area contributed by atoms with Crippen LogP contribution in [-0.4, -0.2) is 60.9 Å². The highest BCUT2D eigenvalue weighted by Crippen LogP contribution is 2.61. The number of aromatic nitrogens is 2. The van der Waals surface area contributed by atoms with Gasteiger partial charge < -0.3 is 24.4 Å². The lowest BCUT2D eigenvalue weighted by molar-refractivity contribution is 0.134. The van der Waals surface area contributed by atoms with E-state index in [9.17, 15) is 4.39 Å². The smallest absolute Gasteiger partial charge is 0.227 e. The van der Waals surface area contributed by atoms with Crippen LogP contribution in [0.15, 0.2) is 71.3 Å². The average molecular weight is 535 g/mol. The quantitative estimate of drug-likeness (QED) is 0.485. The summed E-state index contributed by atoms with van der Waals surface area (Å²) in [6.07, 6.45) is 19.3. The minimum Gasteiger partial charge on any atom is -0.497 e. The van der Waals surface area contributed by atoms with Gasteiger partial charge in [-0.05, 0) is 88.8 Å². The molecule has 6 rings (SSSR count). The number of likely N-dealkylation sites (tertiary alicyclic amines) is 1. The summed E-state index contributed by atoms with van der Waals surface area (Å²) in [4.78, 5) is 11.8.